The van der Waals surface area contributed by atoms with Crippen molar-refractivity contribution >= 4 is 22.7 Å². The van der Waals surface area contributed by atoms with Crippen molar-refractivity contribution in [3.8, 4) is 23.0 Å². The van der Waals surface area contributed by atoms with Crippen LogP contribution in [0.1, 0.15) is 32.3 Å². The number of phenols is 1. The molecule has 0 spiro atoms. The average molecular weight is 556 g/mol. The lowest BCUT2D eigenvalue weighted by atomic mass is 10.1. The molecule has 10 nitrogen and oxygen atoms in total. The van der Waals surface area contributed by atoms with Gasteiger partial charge < -0.3 is 29.8 Å². The molecular weight excluding hydrogens is 531 g/mol. The summed E-state index contributed by atoms with van der Waals surface area (Å²) in [6.07, 6.45) is -4.65. The van der Waals surface area contributed by atoms with Crippen LogP contribution in [0.25, 0.3) is 22.4 Å². The van der Waals surface area contributed by atoms with Crippen molar-refractivity contribution in [2.45, 2.75) is 12.7 Å². The molecule has 0 atom stereocenters. The van der Waals surface area contributed by atoms with Crippen molar-refractivity contribution < 1.29 is 37.0 Å². The number of nitrogens with zero attached hydrogens (tertiary/aromatic N) is 4. The number of carbonyl (C=O) groups excluding carboxylic acids is 2. The summed E-state index contributed by atoms with van der Waals surface area (Å²) in [4.78, 5) is 37.4. The first kappa shape index (κ1) is 26.9. The van der Waals surface area contributed by atoms with Gasteiger partial charge in [-0.1, -0.05) is 12.1 Å². The third-order valence-corrected chi connectivity index (χ3v) is 6.63. The van der Waals surface area contributed by atoms with Gasteiger partial charge >= 0.3 is 6.18 Å². The topological polar surface area (TPSA) is 135 Å². The van der Waals surface area contributed by atoms with Crippen LogP contribution in [0.3, 0.4) is 0 Å². The fourth-order valence-electron chi connectivity index (χ4n) is 4.56. The molecule has 1 saturated heterocycles. The van der Waals surface area contributed by atoms with E-state index >= 15 is 0 Å². The molecule has 5 rings (SSSR count). The maximum Gasteiger partial charge on any atom is 0.433 e. The predicted molar refractivity (Wildman–Crippen MR) is 137 cm³/mol. The van der Waals surface area contributed by atoms with Gasteiger partial charge in [0.25, 0.3) is 11.8 Å². The molecule has 0 unspecified atom stereocenters. The van der Waals surface area contributed by atoms with Gasteiger partial charge in [0.15, 0.2) is 11.5 Å². The summed E-state index contributed by atoms with van der Waals surface area (Å²) >= 11 is 0. The maximum absolute atomic E-state index is 13.4. The number of halogens is 3. The number of piperazine rings is 1. The summed E-state index contributed by atoms with van der Waals surface area (Å²) in [5.41, 5.74) is 5.18. The molecule has 1 aliphatic rings. The Morgan fingerprint density at radius 2 is 1.68 bits per heavy atom. The van der Waals surface area contributed by atoms with Crippen molar-refractivity contribution in [1.29, 1.82) is 0 Å². The Morgan fingerprint density at radius 3 is 2.30 bits per heavy atom. The second-order valence-corrected chi connectivity index (χ2v) is 9.00. The fraction of sp³-hybridized carbons (Fsp3) is 0.259. The van der Waals surface area contributed by atoms with E-state index in [1.165, 1.54) is 36.3 Å². The van der Waals surface area contributed by atoms with Crippen LogP contribution in [0, 0.1) is 0 Å². The van der Waals surface area contributed by atoms with Gasteiger partial charge in [0.2, 0.25) is 5.89 Å². The SMILES string of the molecule is COc1ccc(-c2nc(C(=O)N3CCN(C(=O)c4ccccc4O)CC3)c(CN)o2)c2ccc(C(F)(F)F)nc12. The number of amides is 2. The molecule has 4 aromatic rings. The Kier molecular flexibility index (Phi) is 7.06. The molecule has 3 N–H and O–H groups in total. The number of carbonyl (C=O) groups is 2. The van der Waals surface area contributed by atoms with Gasteiger partial charge in [-0.05, 0) is 36.4 Å². The smallest absolute Gasteiger partial charge is 0.433 e. The van der Waals surface area contributed by atoms with Crippen molar-refractivity contribution in [2.24, 2.45) is 5.73 Å². The monoisotopic (exact) mass is 555 g/mol. The lowest BCUT2D eigenvalue weighted by molar-refractivity contribution is -0.140. The van der Waals surface area contributed by atoms with E-state index in [1.54, 1.807) is 23.1 Å². The summed E-state index contributed by atoms with van der Waals surface area (Å²) in [7, 11) is 1.32. The zero-order valence-electron chi connectivity index (χ0n) is 21.2. The van der Waals surface area contributed by atoms with Gasteiger partial charge in [0, 0.05) is 37.1 Å². The van der Waals surface area contributed by atoms with Gasteiger partial charge in [-0.25, -0.2) is 9.97 Å². The lowest BCUT2D eigenvalue weighted by Crippen LogP contribution is -2.50. The molecule has 40 heavy (non-hydrogen) atoms. The Labute approximate surface area is 225 Å². The summed E-state index contributed by atoms with van der Waals surface area (Å²) in [6, 6.07) is 11.3. The number of methoxy groups -OCH3 is 1. The normalized spacial score (nSPS) is 14.0. The van der Waals surface area contributed by atoms with Crippen LogP contribution in [0.4, 0.5) is 13.2 Å². The number of phenolic OH excluding ortho intramolecular Hbond substituents is 1. The molecule has 2 amide bonds. The molecule has 0 saturated carbocycles. The third-order valence-electron chi connectivity index (χ3n) is 6.63. The zero-order valence-corrected chi connectivity index (χ0v) is 21.2. The minimum absolute atomic E-state index is 0.00798. The number of aromatic nitrogens is 2. The first-order chi connectivity index (χ1) is 19.1. The van der Waals surface area contributed by atoms with Gasteiger partial charge in [-0.2, -0.15) is 13.2 Å². The minimum Gasteiger partial charge on any atom is -0.507 e. The number of pyridine rings is 1. The molecule has 1 aliphatic heterocycles. The highest BCUT2D eigenvalue weighted by Crippen LogP contribution is 2.37. The number of fused-ring (bicyclic) bond motifs is 1. The number of oxazole rings is 1. The number of hydrogen-bond acceptors (Lipinski definition) is 8. The number of aromatic hydroxyl groups is 1. The second kappa shape index (κ2) is 10.5. The molecule has 1 fully saturated rings. The number of ether oxygens (including phenoxy) is 1. The van der Waals surface area contributed by atoms with Crippen LogP contribution in [-0.2, 0) is 12.7 Å². The number of hydrogen-bond donors (Lipinski definition) is 2. The van der Waals surface area contributed by atoms with Crippen LogP contribution in [0.5, 0.6) is 11.5 Å². The van der Waals surface area contributed by atoms with Crippen molar-refractivity contribution in [1.82, 2.24) is 19.8 Å². The highest BCUT2D eigenvalue weighted by Gasteiger charge is 2.34. The molecular formula is C27H24F3N5O5. The van der Waals surface area contributed by atoms with E-state index in [2.05, 4.69) is 9.97 Å². The van der Waals surface area contributed by atoms with Gasteiger partial charge in [-0.3, -0.25) is 9.59 Å². The van der Waals surface area contributed by atoms with Crippen LogP contribution < -0.4 is 10.5 Å². The second-order valence-electron chi connectivity index (χ2n) is 9.00. The molecule has 0 radical (unpaired) electrons. The van der Waals surface area contributed by atoms with Crippen LogP contribution in [0.15, 0.2) is 52.9 Å². The Hall–Kier alpha value is -4.65. The maximum atomic E-state index is 13.4. The largest absolute Gasteiger partial charge is 0.507 e. The van der Waals surface area contributed by atoms with Crippen LogP contribution in [-0.4, -0.2) is 70.0 Å². The van der Waals surface area contributed by atoms with Crippen LogP contribution in [0.2, 0.25) is 0 Å². The molecule has 0 bridgehead atoms. The quantitative estimate of drug-likeness (QED) is 0.381. The standard InChI is InChI=1S/C27H24F3N5O5/c1-39-19-8-6-16(15-7-9-21(27(28,29)30)32-22(15)19)24-33-23(20(14-31)40-24)26(38)35-12-10-34(11-13-35)25(37)17-4-2-3-5-18(17)36/h2-9,36H,10-14,31H2,1H3. The first-order valence-electron chi connectivity index (χ1n) is 12.2. The van der Waals surface area contributed by atoms with Crippen molar-refractivity contribution in [3.63, 3.8) is 0 Å². The number of benzene rings is 2. The van der Waals surface area contributed by atoms with Crippen molar-refractivity contribution in [2.75, 3.05) is 33.3 Å². The molecule has 0 aliphatic carbocycles. The number of nitrogens with two attached hydrogens (primary N) is 1. The molecule has 2 aromatic heterocycles. The molecule has 13 heteroatoms. The summed E-state index contributed by atoms with van der Waals surface area (Å²) in [5, 5.41) is 10.3. The minimum atomic E-state index is -4.65. The van der Waals surface area contributed by atoms with Gasteiger partial charge in [0.1, 0.15) is 22.7 Å². The molecule has 2 aromatic carbocycles. The fourth-order valence-corrected chi connectivity index (χ4v) is 4.56. The molecule has 208 valence electrons. The zero-order chi connectivity index (χ0) is 28.6. The van der Waals surface area contributed by atoms with E-state index in [9.17, 15) is 27.9 Å². The van der Waals surface area contributed by atoms with E-state index in [-0.39, 0.29) is 83.9 Å². The first-order valence-corrected chi connectivity index (χ1v) is 12.2. The van der Waals surface area contributed by atoms with E-state index in [1.807, 2.05) is 0 Å². The van der Waals surface area contributed by atoms with E-state index in [4.69, 9.17) is 14.9 Å². The Balaban J connectivity index is 1.41. The van der Waals surface area contributed by atoms with Crippen LogP contribution >= 0.6 is 0 Å². The number of rotatable bonds is 5. The number of alkyl halides is 3. The van der Waals surface area contributed by atoms with Gasteiger partial charge in [-0.15, -0.1) is 0 Å². The van der Waals surface area contributed by atoms with E-state index in [0.29, 0.717) is 5.56 Å². The Bertz CT molecular complexity index is 1600. The summed E-state index contributed by atoms with van der Waals surface area (Å²) < 4.78 is 50.9. The molecule has 3 heterocycles. The van der Waals surface area contributed by atoms with E-state index in [0.717, 1.165) is 6.07 Å². The lowest BCUT2D eigenvalue weighted by Gasteiger charge is -2.34. The predicted octanol–water partition coefficient (Wildman–Crippen LogP) is 3.68. The summed E-state index contributed by atoms with van der Waals surface area (Å²) in [6.45, 7) is 0.736. The summed E-state index contributed by atoms with van der Waals surface area (Å²) in [5.74, 6) is -0.693. The third kappa shape index (κ3) is 4.91. The Morgan fingerprint density at radius 1 is 1.00 bits per heavy atom. The highest BCUT2D eigenvalue weighted by atomic mass is 19.4. The van der Waals surface area contributed by atoms with Gasteiger partial charge in [0.05, 0.1) is 19.2 Å². The van der Waals surface area contributed by atoms with E-state index < -0.39 is 17.8 Å². The average Bonchev–Trinajstić information content (AvgIpc) is 3.39. The number of para-hydroxylation sites is 1. The van der Waals surface area contributed by atoms with Crippen molar-refractivity contribution in [3.05, 3.63) is 71.2 Å². The highest BCUT2D eigenvalue weighted by molar-refractivity contribution is 5.99.